The van der Waals surface area contributed by atoms with E-state index in [1.807, 2.05) is 43.0 Å². The van der Waals surface area contributed by atoms with E-state index in [1.165, 1.54) is 0 Å². The summed E-state index contributed by atoms with van der Waals surface area (Å²) in [4.78, 5) is 0. The van der Waals surface area contributed by atoms with Crippen LogP contribution < -0.4 is 10.5 Å². The van der Waals surface area contributed by atoms with Crippen molar-refractivity contribution in [2.24, 2.45) is 5.73 Å². The molecule has 1 aromatic rings. The van der Waals surface area contributed by atoms with Crippen molar-refractivity contribution in [3.05, 3.63) is 29.3 Å². The number of thioether (sulfide) groups is 1. The number of hydrogen-bond acceptors (Lipinski definition) is 3. The van der Waals surface area contributed by atoms with E-state index in [2.05, 4.69) is 0 Å². The minimum absolute atomic E-state index is 0.293. The van der Waals surface area contributed by atoms with Gasteiger partial charge >= 0.3 is 0 Å². The second kappa shape index (κ2) is 7.82. The Balaban J connectivity index is 2.07. The lowest BCUT2D eigenvalue weighted by atomic mass is 10.3. The highest BCUT2D eigenvalue weighted by atomic mass is 35.5. The molecule has 16 heavy (non-hydrogen) atoms. The Bertz CT molecular complexity index is 307. The SMILES string of the molecule is CC(N)CCSCCOc1cccc(Cl)c1. The summed E-state index contributed by atoms with van der Waals surface area (Å²) in [5.74, 6) is 2.91. The summed E-state index contributed by atoms with van der Waals surface area (Å²) in [5.41, 5.74) is 5.66. The Kier molecular flexibility index (Phi) is 6.69. The van der Waals surface area contributed by atoms with E-state index in [1.54, 1.807) is 0 Å². The normalized spacial score (nSPS) is 12.4. The number of rotatable bonds is 7. The van der Waals surface area contributed by atoms with Gasteiger partial charge in [0.1, 0.15) is 5.75 Å². The molecule has 1 aromatic carbocycles. The van der Waals surface area contributed by atoms with Crippen LogP contribution in [0.5, 0.6) is 5.75 Å². The highest BCUT2D eigenvalue weighted by Crippen LogP contribution is 2.17. The van der Waals surface area contributed by atoms with E-state index < -0.39 is 0 Å². The molecule has 0 saturated heterocycles. The zero-order chi connectivity index (χ0) is 11.8. The summed E-state index contributed by atoms with van der Waals surface area (Å²) in [5, 5.41) is 0.710. The van der Waals surface area contributed by atoms with Crippen molar-refractivity contribution >= 4 is 23.4 Å². The monoisotopic (exact) mass is 259 g/mol. The second-order valence-electron chi connectivity index (χ2n) is 3.68. The maximum absolute atomic E-state index is 5.84. The van der Waals surface area contributed by atoms with Crippen LogP contribution in [0.25, 0.3) is 0 Å². The Morgan fingerprint density at radius 3 is 2.94 bits per heavy atom. The Hall–Kier alpha value is -0.380. The summed E-state index contributed by atoms with van der Waals surface area (Å²) in [7, 11) is 0. The standard InChI is InChI=1S/C12H18ClNOS/c1-10(14)5-7-16-8-6-15-12-4-2-3-11(13)9-12/h2-4,9-10H,5-8,14H2,1H3. The summed E-state index contributed by atoms with van der Waals surface area (Å²) in [6.45, 7) is 2.74. The lowest BCUT2D eigenvalue weighted by molar-refractivity contribution is 0.344. The molecule has 1 atom stereocenters. The predicted octanol–water partition coefficient (Wildman–Crippen LogP) is 3.19. The third-order valence-corrected chi connectivity index (χ3v) is 3.22. The van der Waals surface area contributed by atoms with Gasteiger partial charge in [0.2, 0.25) is 0 Å². The molecule has 1 unspecified atom stereocenters. The number of ether oxygens (including phenoxy) is 1. The first kappa shape index (κ1) is 13.7. The van der Waals surface area contributed by atoms with Gasteiger partial charge in [0.15, 0.2) is 0 Å². The van der Waals surface area contributed by atoms with Crippen molar-refractivity contribution in [3.63, 3.8) is 0 Å². The number of nitrogens with two attached hydrogens (primary N) is 1. The molecule has 90 valence electrons. The average molecular weight is 260 g/mol. The fraction of sp³-hybridized carbons (Fsp3) is 0.500. The zero-order valence-electron chi connectivity index (χ0n) is 9.49. The molecular weight excluding hydrogens is 242 g/mol. The van der Waals surface area contributed by atoms with Crippen LogP contribution in [0.3, 0.4) is 0 Å². The fourth-order valence-corrected chi connectivity index (χ4v) is 2.27. The maximum Gasteiger partial charge on any atom is 0.120 e. The van der Waals surface area contributed by atoms with E-state index in [4.69, 9.17) is 22.1 Å². The first-order valence-corrected chi connectivity index (χ1v) is 6.93. The van der Waals surface area contributed by atoms with Gasteiger partial charge in [-0.05, 0) is 37.3 Å². The molecule has 0 fully saturated rings. The van der Waals surface area contributed by atoms with Crippen molar-refractivity contribution in [1.82, 2.24) is 0 Å². The molecule has 2 nitrogen and oxygen atoms in total. The van der Waals surface area contributed by atoms with E-state index >= 15 is 0 Å². The van der Waals surface area contributed by atoms with E-state index in [9.17, 15) is 0 Å². The topological polar surface area (TPSA) is 35.2 Å². The van der Waals surface area contributed by atoms with Gasteiger partial charge in [-0.15, -0.1) is 0 Å². The molecule has 0 radical (unpaired) electrons. The fourth-order valence-electron chi connectivity index (χ4n) is 1.15. The Morgan fingerprint density at radius 1 is 1.44 bits per heavy atom. The quantitative estimate of drug-likeness (QED) is 0.764. The first-order valence-electron chi connectivity index (χ1n) is 5.40. The lowest BCUT2D eigenvalue weighted by Gasteiger charge is -2.07. The van der Waals surface area contributed by atoms with Crippen molar-refractivity contribution in [2.45, 2.75) is 19.4 Å². The smallest absolute Gasteiger partial charge is 0.120 e. The second-order valence-corrected chi connectivity index (χ2v) is 5.35. The molecule has 0 aliphatic carbocycles. The van der Waals surface area contributed by atoms with Crippen molar-refractivity contribution in [2.75, 3.05) is 18.1 Å². The summed E-state index contributed by atoms with van der Waals surface area (Å²) < 4.78 is 5.56. The van der Waals surface area contributed by atoms with Gasteiger partial charge in [0, 0.05) is 16.8 Å². The Morgan fingerprint density at radius 2 is 2.25 bits per heavy atom. The van der Waals surface area contributed by atoms with Gasteiger partial charge in [-0.1, -0.05) is 17.7 Å². The van der Waals surface area contributed by atoms with Gasteiger partial charge in [-0.25, -0.2) is 0 Å². The molecule has 0 aliphatic heterocycles. The van der Waals surface area contributed by atoms with Crippen LogP contribution in [0.15, 0.2) is 24.3 Å². The molecule has 4 heteroatoms. The number of benzene rings is 1. The van der Waals surface area contributed by atoms with Crippen LogP contribution in [-0.4, -0.2) is 24.2 Å². The van der Waals surface area contributed by atoms with Crippen LogP contribution in [0.4, 0.5) is 0 Å². The van der Waals surface area contributed by atoms with Gasteiger partial charge < -0.3 is 10.5 Å². The third-order valence-electron chi connectivity index (χ3n) is 2.01. The molecule has 0 heterocycles. The van der Waals surface area contributed by atoms with Crippen LogP contribution in [0, 0.1) is 0 Å². The molecule has 2 N–H and O–H groups in total. The minimum atomic E-state index is 0.293. The van der Waals surface area contributed by atoms with Crippen LogP contribution in [0.2, 0.25) is 5.02 Å². The third kappa shape index (κ3) is 6.26. The maximum atomic E-state index is 5.84. The van der Waals surface area contributed by atoms with E-state index in [0.717, 1.165) is 23.7 Å². The molecule has 0 aromatic heterocycles. The van der Waals surface area contributed by atoms with Crippen LogP contribution in [0.1, 0.15) is 13.3 Å². The Labute approximate surface area is 107 Å². The highest BCUT2D eigenvalue weighted by Gasteiger charge is 1.96. The molecule has 1 rings (SSSR count). The van der Waals surface area contributed by atoms with Crippen molar-refractivity contribution in [1.29, 1.82) is 0 Å². The van der Waals surface area contributed by atoms with E-state index in [0.29, 0.717) is 17.7 Å². The average Bonchev–Trinajstić information content (AvgIpc) is 2.23. The van der Waals surface area contributed by atoms with Crippen LogP contribution in [-0.2, 0) is 0 Å². The van der Waals surface area contributed by atoms with E-state index in [-0.39, 0.29) is 0 Å². The number of halogens is 1. The van der Waals surface area contributed by atoms with Gasteiger partial charge in [-0.3, -0.25) is 0 Å². The largest absolute Gasteiger partial charge is 0.493 e. The van der Waals surface area contributed by atoms with Gasteiger partial charge in [0.25, 0.3) is 0 Å². The minimum Gasteiger partial charge on any atom is -0.493 e. The van der Waals surface area contributed by atoms with Crippen molar-refractivity contribution in [3.8, 4) is 5.75 Å². The van der Waals surface area contributed by atoms with Crippen LogP contribution >= 0.6 is 23.4 Å². The lowest BCUT2D eigenvalue weighted by Crippen LogP contribution is -2.15. The zero-order valence-corrected chi connectivity index (χ0v) is 11.1. The number of hydrogen-bond donors (Lipinski definition) is 1. The summed E-state index contributed by atoms with van der Waals surface area (Å²) in [6.07, 6.45) is 1.06. The highest BCUT2D eigenvalue weighted by molar-refractivity contribution is 7.99. The van der Waals surface area contributed by atoms with Gasteiger partial charge in [-0.2, -0.15) is 11.8 Å². The molecule has 0 spiro atoms. The summed E-state index contributed by atoms with van der Waals surface area (Å²) >= 11 is 7.71. The molecule has 0 amide bonds. The first-order chi connectivity index (χ1) is 7.68. The predicted molar refractivity (Wildman–Crippen MR) is 72.5 cm³/mol. The van der Waals surface area contributed by atoms with Crippen molar-refractivity contribution < 1.29 is 4.74 Å². The molecular formula is C12H18ClNOS. The molecule has 0 bridgehead atoms. The molecule has 0 aliphatic rings. The molecule has 0 saturated carbocycles. The van der Waals surface area contributed by atoms with Gasteiger partial charge in [0.05, 0.1) is 6.61 Å². The summed E-state index contributed by atoms with van der Waals surface area (Å²) in [6, 6.07) is 7.76.